The molecule has 8 rings (SSSR count). The minimum atomic E-state index is -1.28. The number of hydrogen-bond acceptors (Lipinski definition) is 9. The van der Waals surface area contributed by atoms with Gasteiger partial charge in [0, 0.05) is 65.8 Å². The molecule has 0 bridgehead atoms. The lowest BCUT2D eigenvalue weighted by atomic mass is 9.54. The highest BCUT2D eigenvalue weighted by Gasteiger charge is 2.61. The maximum Gasteiger partial charge on any atom is 0.200 e. The van der Waals surface area contributed by atoms with Gasteiger partial charge in [0.15, 0.2) is 11.6 Å². The van der Waals surface area contributed by atoms with Crippen LogP contribution < -0.4 is 0 Å². The fourth-order valence-electron chi connectivity index (χ4n) is 9.74. The van der Waals surface area contributed by atoms with Gasteiger partial charge < -0.3 is 0 Å². The van der Waals surface area contributed by atoms with E-state index in [4.69, 9.17) is 10.2 Å². The van der Waals surface area contributed by atoms with E-state index < -0.39 is 16.4 Å². The highest BCUT2D eigenvalue weighted by atomic mass is 16.1. The van der Waals surface area contributed by atoms with Crippen LogP contribution in [0.3, 0.4) is 0 Å². The maximum absolute atomic E-state index is 14.8. The highest BCUT2D eigenvalue weighted by molar-refractivity contribution is 6.06. The number of nitriles is 2. The van der Waals surface area contributed by atoms with E-state index in [-0.39, 0.29) is 40.5 Å². The van der Waals surface area contributed by atoms with Crippen molar-refractivity contribution < 1.29 is 9.59 Å². The van der Waals surface area contributed by atoms with Crippen LogP contribution in [0.25, 0.3) is 22.8 Å². The molecule has 0 amide bonds. The summed E-state index contributed by atoms with van der Waals surface area (Å²) in [6, 6.07) is 8.22. The normalized spacial score (nSPS) is 30.2. The van der Waals surface area contributed by atoms with E-state index in [2.05, 4.69) is 41.1 Å². The average Bonchev–Trinajstić information content (AvgIpc) is 3.80. The van der Waals surface area contributed by atoms with Crippen molar-refractivity contribution in [3.05, 3.63) is 76.7 Å². The molecule has 4 heterocycles. The molecule has 4 aromatic heterocycles. The number of hydrogen-bond donors (Lipinski definition) is 0. The summed E-state index contributed by atoms with van der Waals surface area (Å²) < 4.78 is 5.35. The first-order chi connectivity index (χ1) is 23.4. The Morgan fingerprint density at radius 1 is 0.857 bits per heavy atom. The molecule has 4 aliphatic carbocycles. The van der Waals surface area contributed by atoms with Gasteiger partial charge in [-0.25, -0.2) is 4.98 Å². The number of allylic oxidation sites excluding steroid dienone is 4. The number of rotatable bonds is 3. The van der Waals surface area contributed by atoms with E-state index in [1.807, 2.05) is 55.5 Å². The number of carbonyl (C=O) groups is 2. The summed E-state index contributed by atoms with van der Waals surface area (Å²) >= 11 is 0. The molecule has 6 atom stereocenters. The number of aromatic nitrogens is 8. The molecule has 0 aromatic carbocycles. The molecule has 246 valence electrons. The van der Waals surface area contributed by atoms with Crippen LogP contribution in [0.15, 0.2) is 54.2 Å². The van der Waals surface area contributed by atoms with Crippen LogP contribution in [-0.4, -0.2) is 50.9 Å². The molecule has 12 nitrogen and oxygen atoms in total. The van der Waals surface area contributed by atoms with E-state index in [0.29, 0.717) is 25.1 Å². The molecule has 6 unspecified atom stereocenters. The second kappa shape index (κ2) is 10.3. The van der Waals surface area contributed by atoms with Crippen molar-refractivity contribution in [2.24, 2.45) is 31.8 Å². The van der Waals surface area contributed by atoms with Crippen LogP contribution in [-0.2, 0) is 52.9 Å². The summed E-state index contributed by atoms with van der Waals surface area (Å²) in [4.78, 5) is 36.8. The van der Waals surface area contributed by atoms with E-state index in [1.54, 1.807) is 29.5 Å². The number of nitrogens with zero attached hydrogens (tertiary/aromatic N) is 10. The van der Waals surface area contributed by atoms with Crippen LogP contribution in [0, 0.1) is 40.4 Å². The van der Waals surface area contributed by atoms with Gasteiger partial charge in [0.2, 0.25) is 5.78 Å². The minimum absolute atomic E-state index is 0.0580. The van der Waals surface area contributed by atoms with Gasteiger partial charge in [-0.2, -0.15) is 20.7 Å². The molecule has 0 saturated carbocycles. The summed E-state index contributed by atoms with van der Waals surface area (Å²) in [6.45, 7) is 7.96. The molecular formula is C37H36N10O2. The largest absolute Gasteiger partial charge is 0.293 e. The molecule has 0 saturated heterocycles. The van der Waals surface area contributed by atoms with Crippen LogP contribution in [0.4, 0.5) is 0 Å². The van der Waals surface area contributed by atoms with E-state index in [0.717, 1.165) is 45.9 Å². The molecule has 0 radical (unpaired) electrons. The predicted octanol–water partition coefficient (Wildman–Crippen LogP) is 4.23. The Balaban J connectivity index is 1.39. The van der Waals surface area contributed by atoms with Crippen molar-refractivity contribution in [1.82, 2.24) is 39.3 Å². The van der Waals surface area contributed by atoms with Gasteiger partial charge in [-0.05, 0) is 57.6 Å². The van der Waals surface area contributed by atoms with Gasteiger partial charge >= 0.3 is 0 Å². The first kappa shape index (κ1) is 30.8. The van der Waals surface area contributed by atoms with Crippen molar-refractivity contribution >= 4 is 11.6 Å². The fraction of sp³-hybridized carbons (Fsp3) is 0.432. The quantitative estimate of drug-likeness (QED) is 0.315. The summed E-state index contributed by atoms with van der Waals surface area (Å²) in [5, 5.41) is 35.5. The maximum atomic E-state index is 14.8. The molecule has 0 spiro atoms. The highest BCUT2D eigenvalue weighted by Crippen LogP contribution is 2.57. The molecule has 12 heteroatoms. The zero-order valence-electron chi connectivity index (χ0n) is 28.4. The average molecular weight is 653 g/mol. The molecule has 4 aliphatic rings. The summed E-state index contributed by atoms with van der Waals surface area (Å²) in [7, 11) is 3.70. The molecule has 4 aromatic rings. The smallest absolute Gasteiger partial charge is 0.200 e. The Bertz CT molecular complexity index is 2260. The monoisotopic (exact) mass is 652 g/mol. The second-order valence-electron chi connectivity index (χ2n) is 14.6. The molecule has 0 N–H and O–H groups in total. The van der Waals surface area contributed by atoms with E-state index in [9.17, 15) is 20.1 Å². The van der Waals surface area contributed by atoms with Gasteiger partial charge in [-0.3, -0.25) is 28.6 Å². The second-order valence-corrected chi connectivity index (χ2v) is 14.6. The zero-order valence-corrected chi connectivity index (χ0v) is 28.4. The standard InChI is InChI=1S/C37H36N10O2/c1-20-26-9-7-24-28(21-11-13-40-14-12-21)47(43-31(24)35(26,2)15-22(17-38)30(20)48)37(4)27-10-8-25-29(34-41-19-45(5)44-34)46(6)42-32(25)36(27,3)16-23(18-39)33(37)49/h11-16,19-20,26-27H,7-10H2,1-6H3. The summed E-state index contributed by atoms with van der Waals surface area (Å²) in [6.07, 6.45) is 11.4. The number of Topliss-reactive ketones (excluding diaryl/α,β-unsaturated/α-hetero) is 2. The van der Waals surface area contributed by atoms with Crippen LogP contribution in [0.2, 0.25) is 0 Å². The topological polar surface area (TPSA) is 161 Å². The van der Waals surface area contributed by atoms with Crippen molar-refractivity contribution in [3.8, 4) is 34.9 Å². The Labute approximate surface area is 283 Å². The van der Waals surface area contributed by atoms with Gasteiger partial charge in [-0.1, -0.05) is 26.0 Å². The van der Waals surface area contributed by atoms with Gasteiger partial charge in [0.25, 0.3) is 0 Å². The SMILES string of the molecule is CC1C(=O)C(C#N)=CC2(C)c3nn(C4(C)C(=O)C(C#N)=CC5(C)c6nn(C)c(-c7ncn(C)n7)c6CCC54)c(-c4ccncc4)c3CCC12. The van der Waals surface area contributed by atoms with E-state index in [1.165, 1.54) is 0 Å². The fourth-order valence-corrected chi connectivity index (χ4v) is 9.74. The Morgan fingerprint density at radius 2 is 1.51 bits per heavy atom. The molecular weight excluding hydrogens is 616 g/mol. The van der Waals surface area contributed by atoms with E-state index >= 15 is 0 Å². The number of fused-ring (bicyclic) bond motifs is 6. The van der Waals surface area contributed by atoms with Crippen LogP contribution in [0.1, 0.15) is 63.1 Å². The number of aryl methyl sites for hydroxylation is 2. The van der Waals surface area contributed by atoms with Crippen molar-refractivity contribution in [3.63, 3.8) is 0 Å². The van der Waals surface area contributed by atoms with Gasteiger partial charge in [0.05, 0.1) is 28.2 Å². The Kier molecular flexibility index (Phi) is 6.45. The van der Waals surface area contributed by atoms with Crippen molar-refractivity contribution in [2.45, 2.75) is 69.7 Å². The first-order valence-corrected chi connectivity index (χ1v) is 16.7. The van der Waals surface area contributed by atoms with Crippen molar-refractivity contribution in [1.29, 1.82) is 10.5 Å². The lowest BCUT2D eigenvalue weighted by Gasteiger charge is -2.51. The number of pyridine rings is 1. The third-order valence-electron chi connectivity index (χ3n) is 12.0. The minimum Gasteiger partial charge on any atom is -0.293 e. The van der Waals surface area contributed by atoms with Crippen molar-refractivity contribution in [2.75, 3.05) is 0 Å². The Hall–Kier alpha value is -5.49. The number of carbonyl (C=O) groups excluding carboxylic acids is 2. The lowest BCUT2D eigenvalue weighted by molar-refractivity contribution is -0.129. The lowest BCUT2D eigenvalue weighted by Crippen LogP contribution is -2.58. The summed E-state index contributed by atoms with van der Waals surface area (Å²) in [5.74, 6) is -0.575. The van der Waals surface area contributed by atoms with Gasteiger partial charge in [-0.15, -0.1) is 5.10 Å². The third-order valence-corrected chi connectivity index (χ3v) is 12.0. The first-order valence-electron chi connectivity index (χ1n) is 16.7. The zero-order chi connectivity index (χ0) is 34.6. The predicted molar refractivity (Wildman–Crippen MR) is 177 cm³/mol. The third kappa shape index (κ3) is 3.91. The summed E-state index contributed by atoms with van der Waals surface area (Å²) in [5.41, 5.74) is 3.47. The van der Waals surface area contributed by atoms with Gasteiger partial charge in [0.1, 0.15) is 29.7 Å². The molecule has 0 fully saturated rings. The molecule has 0 aliphatic heterocycles. The van der Waals surface area contributed by atoms with Crippen LogP contribution in [0.5, 0.6) is 0 Å². The Morgan fingerprint density at radius 3 is 2.18 bits per heavy atom. The molecule has 49 heavy (non-hydrogen) atoms. The number of ketones is 2. The van der Waals surface area contributed by atoms with Crippen LogP contribution >= 0.6 is 0 Å².